The fourth-order valence-corrected chi connectivity index (χ4v) is 1.36. The number of non-ortho nitro benzene ring substituents is 1. The van der Waals surface area contributed by atoms with Crippen LogP contribution in [0.3, 0.4) is 0 Å². The first kappa shape index (κ1) is 14.5. The van der Waals surface area contributed by atoms with Crippen molar-refractivity contribution in [1.29, 1.82) is 0 Å². The molecule has 19 heavy (non-hydrogen) atoms. The molecule has 0 saturated carbocycles. The van der Waals surface area contributed by atoms with Crippen LogP contribution in [0.15, 0.2) is 30.3 Å². The van der Waals surface area contributed by atoms with Crippen molar-refractivity contribution >= 4 is 17.7 Å². The van der Waals surface area contributed by atoms with Crippen molar-refractivity contribution in [2.45, 2.75) is 19.4 Å². The van der Waals surface area contributed by atoms with E-state index in [4.69, 9.17) is 6.42 Å². The minimum Gasteiger partial charge on any atom is -0.339 e. The van der Waals surface area contributed by atoms with Gasteiger partial charge in [0.25, 0.3) is 5.69 Å². The quantitative estimate of drug-likeness (QED) is 0.380. The second-order valence-corrected chi connectivity index (χ2v) is 3.82. The third-order valence-corrected chi connectivity index (χ3v) is 2.46. The van der Waals surface area contributed by atoms with Crippen LogP contribution in [0, 0.1) is 22.5 Å². The third kappa shape index (κ3) is 4.64. The molecule has 1 rings (SSSR count). The van der Waals surface area contributed by atoms with Crippen molar-refractivity contribution in [2.75, 3.05) is 0 Å². The summed E-state index contributed by atoms with van der Waals surface area (Å²) >= 11 is 0. The van der Waals surface area contributed by atoms with Crippen LogP contribution in [0.5, 0.6) is 0 Å². The average Bonchev–Trinajstić information content (AvgIpc) is 2.43. The first-order valence-corrected chi connectivity index (χ1v) is 5.76. The minimum absolute atomic E-state index is 0.0139. The van der Waals surface area contributed by atoms with E-state index in [0.717, 1.165) is 0 Å². The smallest absolute Gasteiger partial charge is 0.269 e. The lowest BCUT2D eigenvalue weighted by Crippen LogP contribution is -2.31. The van der Waals surface area contributed by atoms with E-state index in [-0.39, 0.29) is 17.6 Å². The van der Waals surface area contributed by atoms with Crippen LogP contribution in [-0.2, 0) is 4.79 Å². The zero-order valence-corrected chi connectivity index (χ0v) is 10.5. The molecular weight excluding hydrogens is 244 g/mol. The van der Waals surface area contributed by atoms with E-state index < -0.39 is 4.92 Å². The Morgan fingerprint density at radius 2 is 2.16 bits per heavy atom. The van der Waals surface area contributed by atoms with Gasteiger partial charge in [-0.25, -0.2) is 0 Å². The molecular formula is C14H14N2O3. The van der Waals surface area contributed by atoms with Crippen LogP contribution in [0.25, 0.3) is 6.08 Å². The molecule has 1 N–H and O–H groups in total. The van der Waals surface area contributed by atoms with E-state index in [2.05, 4.69) is 11.2 Å². The van der Waals surface area contributed by atoms with Crippen LogP contribution in [0.4, 0.5) is 5.69 Å². The van der Waals surface area contributed by atoms with Crippen molar-refractivity contribution < 1.29 is 9.72 Å². The molecule has 5 heteroatoms. The van der Waals surface area contributed by atoms with Crippen molar-refractivity contribution in [2.24, 2.45) is 0 Å². The van der Waals surface area contributed by atoms with E-state index in [0.29, 0.717) is 12.0 Å². The summed E-state index contributed by atoms with van der Waals surface area (Å²) in [6.07, 6.45) is 8.81. The van der Waals surface area contributed by atoms with Crippen LogP contribution in [0.2, 0.25) is 0 Å². The summed E-state index contributed by atoms with van der Waals surface area (Å²) in [6.45, 7) is 1.88. The van der Waals surface area contributed by atoms with Gasteiger partial charge in [-0.2, -0.15) is 0 Å². The number of nitro groups is 1. The molecule has 1 amide bonds. The third-order valence-electron chi connectivity index (χ3n) is 2.46. The van der Waals surface area contributed by atoms with Crippen molar-refractivity contribution in [1.82, 2.24) is 5.32 Å². The summed E-state index contributed by atoms with van der Waals surface area (Å²) in [5, 5.41) is 13.1. The zero-order valence-electron chi connectivity index (χ0n) is 10.5. The molecule has 0 radical (unpaired) electrons. The Morgan fingerprint density at radius 1 is 1.53 bits per heavy atom. The average molecular weight is 258 g/mol. The molecule has 0 aliphatic carbocycles. The maximum Gasteiger partial charge on any atom is 0.269 e. The molecule has 5 nitrogen and oxygen atoms in total. The normalized spacial score (nSPS) is 11.8. The lowest BCUT2D eigenvalue weighted by atomic mass is 10.2. The second kappa shape index (κ2) is 6.97. The molecule has 1 aromatic rings. The Kier molecular flexibility index (Phi) is 5.30. The monoisotopic (exact) mass is 258 g/mol. The van der Waals surface area contributed by atoms with Crippen LogP contribution >= 0.6 is 0 Å². The molecule has 1 unspecified atom stereocenters. The summed E-state index contributed by atoms with van der Waals surface area (Å²) in [7, 11) is 0. The molecule has 0 aliphatic rings. The summed E-state index contributed by atoms with van der Waals surface area (Å²) in [5.74, 6) is 2.17. The Morgan fingerprint density at radius 3 is 2.63 bits per heavy atom. The number of hydrogen-bond acceptors (Lipinski definition) is 3. The number of amides is 1. The van der Waals surface area contributed by atoms with E-state index in [9.17, 15) is 14.9 Å². The molecule has 1 aromatic carbocycles. The number of benzene rings is 1. The number of nitrogens with zero attached hydrogens (tertiary/aromatic N) is 1. The molecule has 0 spiro atoms. The number of rotatable bonds is 5. The van der Waals surface area contributed by atoms with Crippen molar-refractivity contribution in [3.8, 4) is 12.3 Å². The lowest BCUT2D eigenvalue weighted by molar-refractivity contribution is -0.384. The maximum absolute atomic E-state index is 11.5. The van der Waals surface area contributed by atoms with Crippen molar-refractivity contribution in [3.63, 3.8) is 0 Å². The number of carbonyl (C=O) groups excluding carboxylic acids is 1. The highest BCUT2D eigenvalue weighted by Gasteiger charge is 2.04. The highest BCUT2D eigenvalue weighted by atomic mass is 16.6. The summed E-state index contributed by atoms with van der Waals surface area (Å²) in [6, 6.07) is 5.62. The molecule has 0 bridgehead atoms. The number of terminal acetylenes is 1. The van der Waals surface area contributed by atoms with Gasteiger partial charge < -0.3 is 5.32 Å². The first-order chi connectivity index (χ1) is 9.06. The number of nitrogens with one attached hydrogen (secondary N) is 1. The fraction of sp³-hybridized carbons (Fsp3) is 0.214. The largest absolute Gasteiger partial charge is 0.339 e. The van der Waals surface area contributed by atoms with Gasteiger partial charge in [0, 0.05) is 18.2 Å². The first-order valence-electron chi connectivity index (χ1n) is 5.76. The van der Waals surface area contributed by atoms with Gasteiger partial charge >= 0.3 is 0 Å². The molecule has 0 aromatic heterocycles. The highest BCUT2D eigenvalue weighted by molar-refractivity contribution is 5.92. The Bertz CT molecular complexity index is 527. The van der Waals surface area contributed by atoms with Crippen LogP contribution in [-0.4, -0.2) is 16.9 Å². The Balaban J connectivity index is 2.64. The predicted molar refractivity (Wildman–Crippen MR) is 73.2 cm³/mol. The Labute approximate surface area is 111 Å². The van der Waals surface area contributed by atoms with E-state index in [1.807, 2.05) is 6.92 Å². The van der Waals surface area contributed by atoms with Crippen molar-refractivity contribution in [3.05, 3.63) is 46.0 Å². The maximum atomic E-state index is 11.5. The van der Waals surface area contributed by atoms with E-state index in [1.54, 1.807) is 18.2 Å². The molecule has 0 heterocycles. The molecule has 98 valence electrons. The van der Waals surface area contributed by atoms with Gasteiger partial charge in [0.15, 0.2) is 0 Å². The Hall–Kier alpha value is -2.61. The van der Waals surface area contributed by atoms with Gasteiger partial charge in [-0.3, -0.25) is 14.9 Å². The second-order valence-electron chi connectivity index (χ2n) is 3.82. The van der Waals surface area contributed by atoms with Gasteiger partial charge in [0.1, 0.15) is 0 Å². The SMILES string of the molecule is C#CC(CC)NC(=O)/C=C/c1ccc([N+](=O)[O-])cc1. The fourth-order valence-electron chi connectivity index (χ4n) is 1.36. The van der Waals surface area contributed by atoms with Crippen LogP contribution < -0.4 is 5.32 Å². The number of nitro benzene ring substituents is 1. The van der Waals surface area contributed by atoms with E-state index in [1.165, 1.54) is 18.2 Å². The number of hydrogen-bond donors (Lipinski definition) is 1. The molecule has 1 atom stereocenters. The van der Waals surface area contributed by atoms with Gasteiger partial charge in [-0.05, 0) is 30.2 Å². The highest BCUT2D eigenvalue weighted by Crippen LogP contribution is 2.12. The van der Waals surface area contributed by atoms with Gasteiger partial charge in [-0.1, -0.05) is 12.8 Å². The van der Waals surface area contributed by atoms with Gasteiger partial charge in [0.2, 0.25) is 5.91 Å². The van der Waals surface area contributed by atoms with Crippen LogP contribution in [0.1, 0.15) is 18.9 Å². The van der Waals surface area contributed by atoms with Gasteiger partial charge in [-0.15, -0.1) is 6.42 Å². The summed E-state index contributed by atoms with van der Waals surface area (Å²) in [5.41, 5.74) is 0.717. The summed E-state index contributed by atoms with van der Waals surface area (Å²) in [4.78, 5) is 21.5. The minimum atomic E-state index is -0.473. The number of carbonyl (C=O) groups is 1. The lowest BCUT2D eigenvalue weighted by Gasteiger charge is -2.07. The zero-order chi connectivity index (χ0) is 14.3. The van der Waals surface area contributed by atoms with E-state index >= 15 is 0 Å². The predicted octanol–water partition coefficient (Wildman–Crippen LogP) is 2.14. The standard InChI is InChI=1S/C14H14N2O3/c1-3-12(4-2)15-14(17)10-7-11-5-8-13(9-6-11)16(18)19/h1,5-10,12H,4H2,2H3,(H,15,17)/b10-7+. The topological polar surface area (TPSA) is 72.2 Å². The van der Waals surface area contributed by atoms with Gasteiger partial charge in [0.05, 0.1) is 11.0 Å². The molecule has 0 aliphatic heterocycles. The molecule has 0 fully saturated rings. The molecule has 0 saturated heterocycles. The summed E-state index contributed by atoms with van der Waals surface area (Å²) < 4.78 is 0.